The molecule has 6 nitrogen and oxygen atoms in total. The molecule has 25 heavy (non-hydrogen) atoms. The fraction of sp³-hybridized carbons (Fsp3) is 0.235. The molecule has 3 rings (SSSR count). The van der Waals surface area contributed by atoms with Crippen LogP contribution in [-0.2, 0) is 4.79 Å². The van der Waals surface area contributed by atoms with Crippen LogP contribution in [0.5, 0.6) is 5.75 Å². The van der Waals surface area contributed by atoms with E-state index in [0.717, 1.165) is 4.88 Å². The maximum absolute atomic E-state index is 12.8. The van der Waals surface area contributed by atoms with Crippen molar-refractivity contribution in [2.45, 2.75) is 19.9 Å². The highest BCUT2D eigenvalue weighted by Gasteiger charge is 2.22. The second-order valence-electron chi connectivity index (χ2n) is 5.29. The molecule has 0 saturated carbocycles. The van der Waals surface area contributed by atoms with Crippen LogP contribution >= 0.6 is 23.6 Å². The number of aromatic amines is 1. The largest absolute Gasteiger partial charge is 0.492 e. The molecule has 0 aliphatic rings. The molecule has 130 valence electrons. The van der Waals surface area contributed by atoms with Crippen LogP contribution in [0.1, 0.15) is 19.9 Å². The first-order chi connectivity index (χ1) is 12.1. The van der Waals surface area contributed by atoms with Gasteiger partial charge in [-0.15, -0.1) is 11.3 Å². The van der Waals surface area contributed by atoms with Crippen LogP contribution in [0.2, 0.25) is 0 Å². The third kappa shape index (κ3) is 3.64. The van der Waals surface area contributed by atoms with Gasteiger partial charge in [-0.2, -0.15) is 5.10 Å². The smallest absolute Gasteiger partial charge is 0.247 e. The van der Waals surface area contributed by atoms with Gasteiger partial charge in [-0.25, -0.2) is 0 Å². The summed E-state index contributed by atoms with van der Waals surface area (Å²) in [4.78, 5) is 13.7. The average Bonchev–Trinajstić information content (AvgIpc) is 3.25. The molecule has 8 heteroatoms. The Morgan fingerprint density at radius 2 is 2.20 bits per heavy atom. The van der Waals surface area contributed by atoms with Crippen LogP contribution in [0.3, 0.4) is 0 Å². The minimum atomic E-state index is -0.530. The molecule has 0 radical (unpaired) electrons. The van der Waals surface area contributed by atoms with Crippen LogP contribution in [0.4, 0.5) is 5.69 Å². The maximum atomic E-state index is 12.8. The van der Waals surface area contributed by atoms with E-state index in [1.165, 1.54) is 0 Å². The molecule has 0 bridgehead atoms. The molecule has 1 aromatic carbocycles. The van der Waals surface area contributed by atoms with Gasteiger partial charge in [0.2, 0.25) is 5.91 Å². The van der Waals surface area contributed by atoms with Gasteiger partial charge >= 0.3 is 0 Å². The Balaban J connectivity index is 1.87. The molecule has 0 fully saturated rings. The number of thiophene rings is 1. The number of H-pyrrole nitrogens is 1. The highest BCUT2D eigenvalue weighted by atomic mass is 32.1. The van der Waals surface area contributed by atoms with Crippen molar-refractivity contribution < 1.29 is 9.53 Å². The van der Waals surface area contributed by atoms with Crippen LogP contribution in [0, 0.1) is 4.77 Å². The van der Waals surface area contributed by atoms with E-state index in [4.69, 9.17) is 17.0 Å². The Bertz CT molecular complexity index is 915. The predicted molar refractivity (Wildman–Crippen MR) is 102 cm³/mol. The molecule has 2 aromatic heterocycles. The summed E-state index contributed by atoms with van der Waals surface area (Å²) in [6.07, 6.45) is 0. The van der Waals surface area contributed by atoms with Crippen LogP contribution in [0.15, 0.2) is 41.8 Å². The number of aromatic nitrogens is 3. The number of carbonyl (C=O) groups is 1. The zero-order valence-corrected chi connectivity index (χ0v) is 15.5. The van der Waals surface area contributed by atoms with Gasteiger partial charge in [0.05, 0.1) is 17.2 Å². The second kappa shape index (κ2) is 7.62. The molecular formula is C17H18N4O2S2. The van der Waals surface area contributed by atoms with Crippen LogP contribution < -0.4 is 10.1 Å². The van der Waals surface area contributed by atoms with E-state index in [1.54, 1.807) is 22.8 Å². The van der Waals surface area contributed by atoms with Gasteiger partial charge in [0.15, 0.2) is 10.6 Å². The van der Waals surface area contributed by atoms with Gasteiger partial charge in [-0.05, 0) is 49.6 Å². The molecule has 1 atom stereocenters. The second-order valence-corrected chi connectivity index (χ2v) is 6.63. The van der Waals surface area contributed by atoms with Gasteiger partial charge in [0.1, 0.15) is 11.8 Å². The summed E-state index contributed by atoms with van der Waals surface area (Å²) in [5, 5.41) is 11.9. The molecule has 0 aliphatic heterocycles. The van der Waals surface area contributed by atoms with E-state index < -0.39 is 6.04 Å². The number of nitrogens with zero attached hydrogens (tertiary/aromatic N) is 2. The highest BCUT2D eigenvalue weighted by molar-refractivity contribution is 7.71. The molecule has 1 amide bonds. The van der Waals surface area contributed by atoms with E-state index >= 15 is 0 Å². The van der Waals surface area contributed by atoms with Crippen molar-refractivity contribution in [3.63, 3.8) is 0 Å². The number of amides is 1. The third-order valence-corrected chi connectivity index (χ3v) is 4.81. The van der Waals surface area contributed by atoms with E-state index in [-0.39, 0.29) is 5.91 Å². The summed E-state index contributed by atoms with van der Waals surface area (Å²) in [5.74, 6) is 1.10. The lowest BCUT2D eigenvalue weighted by Crippen LogP contribution is -2.24. The van der Waals surface area contributed by atoms with Gasteiger partial charge < -0.3 is 10.1 Å². The topological polar surface area (TPSA) is 71.9 Å². The number of hydrogen-bond acceptors (Lipinski definition) is 5. The van der Waals surface area contributed by atoms with Gasteiger partial charge in [0.25, 0.3) is 0 Å². The lowest BCUT2D eigenvalue weighted by molar-refractivity contribution is -0.118. The monoisotopic (exact) mass is 374 g/mol. The van der Waals surface area contributed by atoms with Gasteiger partial charge in [0, 0.05) is 0 Å². The molecular weight excluding hydrogens is 356 g/mol. The molecule has 0 aliphatic carbocycles. The molecule has 2 N–H and O–H groups in total. The first-order valence-corrected chi connectivity index (χ1v) is 9.14. The fourth-order valence-electron chi connectivity index (χ4n) is 2.45. The molecule has 3 aromatic rings. The van der Waals surface area contributed by atoms with E-state index in [9.17, 15) is 4.79 Å². The number of benzene rings is 1. The molecule has 0 saturated heterocycles. The summed E-state index contributed by atoms with van der Waals surface area (Å²) in [7, 11) is 0. The van der Waals surface area contributed by atoms with Gasteiger partial charge in [-0.1, -0.05) is 18.2 Å². The van der Waals surface area contributed by atoms with E-state index in [1.807, 2.05) is 48.7 Å². The first kappa shape index (κ1) is 17.4. The van der Waals surface area contributed by atoms with Crippen LogP contribution in [-0.4, -0.2) is 27.3 Å². The van der Waals surface area contributed by atoms with E-state index in [0.29, 0.717) is 28.6 Å². The Kier molecular flexibility index (Phi) is 5.30. The number of nitrogens with one attached hydrogen (secondary N) is 2. The third-order valence-electron chi connectivity index (χ3n) is 3.66. The molecule has 0 unspecified atom stereocenters. The van der Waals surface area contributed by atoms with Crippen LogP contribution in [0.25, 0.3) is 10.7 Å². The number of para-hydroxylation sites is 2. The summed E-state index contributed by atoms with van der Waals surface area (Å²) < 4.78 is 7.68. The number of rotatable bonds is 6. The Hall–Kier alpha value is -2.45. The summed E-state index contributed by atoms with van der Waals surface area (Å²) in [6, 6.07) is 10.7. The Morgan fingerprint density at radius 3 is 2.92 bits per heavy atom. The minimum Gasteiger partial charge on any atom is -0.492 e. The van der Waals surface area contributed by atoms with Crippen molar-refractivity contribution in [2.24, 2.45) is 0 Å². The summed E-state index contributed by atoms with van der Waals surface area (Å²) >= 11 is 6.86. The van der Waals surface area contributed by atoms with Crippen molar-refractivity contribution >= 4 is 35.1 Å². The Labute approximate surface area is 154 Å². The van der Waals surface area contributed by atoms with Crippen molar-refractivity contribution in [1.29, 1.82) is 0 Å². The number of ether oxygens (including phenoxy) is 1. The predicted octanol–water partition coefficient (Wildman–Crippen LogP) is 4.27. The SMILES string of the molecule is CCOc1ccccc1NC(=O)[C@@H](C)n1c(-c2cccs2)n[nH]c1=S. The standard InChI is InChI=1S/C17H18N4O2S2/c1-3-23-13-8-5-4-7-12(13)18-16(22)11(2)21-15(19-20-17(21)24)14-9-6-10-25-14/h4-11H,3H2,1-2H3,(H,18,22)(H,20,24)/t11-/m1/s1. The number of anilines is 1. The lowest BCUT2D eigenvalue weighted by atomic mass is 10.2. The number of hydrogen-bond donors (Lipinski definition) is 2. The zero-order valence-electron chi connectivity index (χ0n) is 13.9. The number of carbonyl (C=O) groups excluding carboxylic acids is 1. The van der Waals surface area contributed by atoms with E-state index in [2.05, 4.69) is 15.5 Å². The first-order valence-electron chi connectivity index (χ1n) is 7.85. The fourth-order valence-corrected chi connectivity index (χ4v) is 3.45. The normalized spacial score (nSPS) is 11.9. The quantitative estimate of drug-likeness (QED) is 0.632. The Morgan fingerprint density at radius 1 is 1.40 bits per heavy atom. The van der Waals surface area contributed by atoms with Crippen molar-refractivity contribution in [3.8, 4) is 16.5 Å². The maximum Gasteiger partial charge on any atom is 0.247 e. The molecule has 0 spiro atoms. The van der Waals surface area contributed by atoms with Crippen molar-refractivity contribution in [2.75, 3.05) is 11.9 Å². The van der Waals surface area contributed by atoms with Gasteiger partial charge in [-0.3, -0.25) is 14.5 Å². The van der Waals surface area contributed by atoms with Crippen molar-refractivity contribution in [1.82, 2.24) is 14.8 Å². The highest BCUT2D eigenvalue weighted by Crippen LogP contribution is 2.28. The molecule has 2 heterocycles. The summed E-state index contributed by atoms with van der Waals surface area (Å²) in [6.45, 7) is 4.22. The average molecular weight is 374 g/mol. The van der Waals surface area contributed by atoms with Crippen molar-refractivity contribution in [3.05, 3.63) is 46.5 Å². The zero-order chi connectivity index (χ0) is 17.8. The minimum absolute atomic E-state index is 0.192. The lowest BCUT2D eigenvalue weighted by Gasteiger charge is -2.17. The summed E-state index contributed by atoms with van der Waals surface area (Å²) in [5.41, 5.74) is 0.633.